The molecule has 0 bridgehead atoms. The molecule has 2 aromatic rings. The third-order valence-electron chi connectivity index (χ3n) is 4.20. The van der Waals surface area contributed by atoms with Gasteiger partial charge in [0.15, 0.2) is 0 Å². The van der Waals surface area contributed by atoms with Gasteiger partial charge in [0.05, 0.1) is 6.04 Å². The summed E-state index contributed by atoms with van der Waals surface area (Å²) in [5.74, 6) is 0.931. The SMILES string of the molecule is N[C@@H](Cc1ccccc1)c1nncn1C1CCCCC1. The number of benzene rings is 1. The molecule has 1 fully saturated rings. The van der Waals surface area contributed by atoms with Crippen LogP contribution in [0, 0.1) is 0 Å². The molecule has 1 aromatic carbocycles. The van der Waals surface area contributed by atoms with Gasteiger partial charge in [-0.25, -0.2) is 0 Å². The quantitative estimate of drug-likeness (QED) is 0.929. The minimum Gasteiger partial charge on any atom is -0.321 e. The highest BCUT2D eigenvalue weighted by Crippen LogP contribution is 2.30. The zero-order chi connectivity index (χ0) is 13.8. The Hall–Kier alpha value is -1.68. The van der Waals surface area contributed by atoms with Gasteiger partial charge in [-0.2, -0.15) is 0 Å². The molecule has 1 aliphatic carbocycles. The minimum atomic E-state index is -0.0816. The van der Waals surface area contributed by atoms with Crippen LogP contribution in [0.1, 0.15) is 55.6 Å². The minimum absolute atomic E-state index is 0.0816. The molecule has 2 N–H and O–H groups in total. The fourth-order valence-corrected chi connectivity index (χ4v) is 3.12. The van der Waals surface area contributed by atoms with Crippen molar-refractivity contribution in [2.75, 3.05) is 0 Å². The summed E-state index contributed by atoms with van der Waals surface area (Å²) in [6.45, 7) is 0. The first-order valence-corrected chi connectivity index (χ1v) is 7.53. The van der Waals surface area contributed by atoms with Crippen molar-refractivity contribution in [3.8, 4) is 0 Å². The summed E-state index contributed by atoms with van der Waals surface area (Å²) >= 11 is 0. The molecule has 0 aliphatic heterocycles. The van der Waals surface area contributed by atoms with Crippen molar-refractivity contribution >= 4 is 0 Å². The molecule has 20 heavy (non-hydrogen) atoms. The lowest BCUT2D eigenvalue weighted by Crippen LogP contribution is -2.22. The van der Waals surface area contributed by atoms with Crippen LogP contribution in [0.5, 0.6) is 0 Å². The maximum Gasteiger partial charge on any atom is 0.150 e. The fraction of sp³-hybridized carbons (Fsp3) is 0.500. The molecule has 1 aromatic heterocycles. The molecule has 1 aliphatic rings. The molecule has 0 radical (unpaired) electrons. The molecular weight excluding hydrogens is 248 g/mol. The average molecular weight is 270 g/mol. The molecule has 1 atom stereocenters. The first-order valence-electron chi connectivity index (χ1n) is 7.53. The van der Waals surface area contributed by atoms with Gasteiger partial charge in [-0.15, -0.1) is 10.2 Å². The molecular formula is C16H22N4. The Kier molecular flexibility index (Phi) is 4.11. The van der Waals surface area contributed by atoms with E-state index in [-0.39, 0.29) is 6.04 Å². The van der Waals surface area contributed by atoms with E-state index in [1.165, 1.54) is 37.7 Å². The van der Waals surface area contributed by atoms with Crippen LogP contribution in [0.15, 0.2) is 36.7 Å². The van der Waals surface area contributed by atoms with E-state index in [1.807, 2.05) is 24.5 Å². The van der Waals surface area contributed by atoms with Crippen LogP contribution in [-0.4, -0.2) is 14.8 Å². The molecule has 0 unspecified atom stereocenters. The first kappa shape index (κ1) is 13.3. The molecule has 4 heteroatoms. The van der Waals surface area contributed by atoms with E-state index in [0.717, 1.165) is 12.2 Å². The Bertz CT molecular complexity index is 528. The lowest BCUT2D eigenvalue weighted by atomic mass is 9.95. The van der Waals surface area contributed by atoms with Crippen LogP contribution >= 0.6 is 0 Å². The van der Waals surface area contributed by atoms with E-state index in [4.69, 9.17) is 5.73 Å². The molecule has 0 spiro atoms. The van der Waals surface area contributed by atoms with Gasteiger partial charge in [0.25, 0.3) is 0 Å². The number of aromatic nitrogens is 3. The van der Waals surface area contributed by atoms with Crippen molar-refractivity contribution in [3.05, 3.63) is 48.0 Å². The van der Waals surface area contributed by atoms with E-state index in [2.05, 4.69) is 26.9 Å². The smallest absolute Gasteiger partial charge is 0.150 e. The topological polar surface area (TPSA) is 56.7 Å². The summed E-state index contributed by atoms with van der Waals surface area (Å²) < 4.78 is 2.22. The standard InChI is InChI=1S/C16H22N4/c17-15(11-13-7-3-1-4-8-13)16-19-18-12-20(16)14-9-5-2-6-10-14/h1,3-4,7-8,12,14-15H,2,5-6,9-11,17H2/t15-/m0/s1. The van der Waals surface area contributed by atoms with E-state index in [9.17, 15) is 0 Å². The van der Waals surface area contributed by atoms with Crippen LogP contribution in [0.25, 0.3) is 0 Å². The zero-order valence-corrected chi connectivity index (χ0v) is 11.8. The molecule has 0 saturated heterocycles. The van der Waals surface area contributed by atoms with Crippen LogP contribution in [0.2, 0.25) is 0 Å². The van der Waals surface area contributed by atoms with Gasteiger partial charge in [-0.1, -0.05) is 49.6 Å². The molecule has 1 saturated carbocycles. The van der Waals surface area contributed by atoms with Crippen LogP contribution in [-0.2, 0) is 6.42 Å². The molecule has 0 amide bonds. The van der Waals surface area contributed by atoms with Gasteiger partial charge in [0.2, 0.25) is 0 Å². The normalized spacial score (nSPS) is 18.1. The van der Waals surface area contributed by atoms with Gasteiger partial charge in [-0.05, 0) is 24.8 Å². The highest BCUT2D eigenvalue weighted by atomic mass is 15.3. The largest absolute Gasteiger partial charge is 0.321 e. The van der Waals surface area contributed by atoms with Gasteiger partial charge in [0, 0.05) is 6.04 Å². The van der Waals surface area contributed by atoms with E-state index >= 15 is 0 Å². The molecule has 1 heterocycles. The maximum absolute atomic E-state index is 6.36. The zero-order valence-electron chi connectivity index (χ0n) is 11.8. The monoisotopic (exact) mass is 270 g/mol. The lowest BCUT2D eigenvalue weighted by Gasteiger charge is -2.25. The van der Waals surface area contributed by atoms with Crippen molar-refractivity contribution in [2.24, 2.45) is 5.73 Å². The Morgan fingerprint density at radius 1 is 1.15 bits per heavy atom. The summed E-state index contributed by atoms with van der Waals surface area (Å²) in [7, 11) is 0. The molecule has 3 rings (SSSR count). The van der Waals surface area contributed by atoms with E-state index in [1.54, 1.807) is 0 Å². The van der Waals surface area contributed by atoms with Crippen LogP contribution in [0.3, 0.4) is 0 Å². The number of hydrogen-bond acceptors (Lipinski definition) is 3. The summed E-state index contributed by atoms with van der Waals surface area (Å²) in [5, 5.41) is 8.37. The van der Waals surface area contributed by atoms with Gasteiger partial charge in [0.1, 0.15) is 12.2 Å². The Morgan fingerprint density at radius 2 is 1.90 bits per heavy atom. The first-order chi connectivity index (χ1) is 9.84. The summed E-state index contributed by atoms with van der Waals surface area (Å²) in [5.41, 5.74) is 7.60. The lowest BCUT2D eigenvalue weighted by molar-refractivity contribution is 0.340. The number of nitrogens with two attached hydrogens (primary N) is 1. The molecule has 106 valence electrons. The second-order valence-corrected chi connectivity index (χ2v) is 5.68. The highest BCUT2D eigenvalue weighted by Gasteiger charge is 2.21. The Balaban J connectivity index is 1.75. The van der Waals surface area contributed by atoms with Gasteiger partial charge >= 0.3 is 0 Å². The average Bonchev–Trinajstić information content (AvgIpc) is 2.99. The molecule has 4 nitrogen and oxygen atoms in total. The van der Waals surface area contributed by atoms with Crippen molar-refractivity contribution in [1.82, 2.24) is 14.8 Å². The van der Waals surface area contributed by atoms with Crippen molar-refractivity contribution in [2.45, 2.75) is 50.6 Å². The predicted molar refractivity (Wildman–Crippen MR) is 79.2 cm³/mol. The van der Waals surface area contributed by atoms with E-state index in [0.29, 0.717) is 6.04 Å². The van der Waals surface area contributed by atoms with Gasteiger partial charge < -0.3 is 10.3 Å². The Morgan fingerprint density at radius 3 is 2.65 bits per heavy atom. The van der Waals surface area contributed by atoms with Crippen molar-refractivity contribution < 1.29 is 0 Å². The third-order valence-corrected chi connectivity index (χ3v) is 4.20. The van der Waals surface area contributed by atoms with Crippen molar-refractivity contribution in [1.29, 1.82) is 0 Å². The van der Waals surface area contributed by atoms with Crippen molar-refractivity contribution in [3.63, 3.8) is 0 Å². The highest BCUT2D eigenvalue weighted by molar-refractivity contribution is 5.17. The third kappa shape index (κ3) is 2.90. The van der Waals surface area contributed by atoms with Crippen LogP contribution in [0.4, 0.5) is 0 Å². The van der Waals surface area contributed by atoms with E-state index < -0.39 is 0 Å². The summed E-state index contributed by atoms with van der Waals surface area (Å²) in [6, 6.07) is 10.8. The van der Waals surface area contributed by atoms with Crippen LogP contribution < -0.4 is 5.73 Å². The number of hydrogen-bond donors (Lipinski definition) is 1. The number of rotatable bonds is 4. The summed E-state index contributed by atoms with van der Waals surface area (Å²) in [6.07, 6.45) is 9.07. The maximum atomic E-state index is 6.36. The second kappa shape index (κ2) is 6.18. The second-order valence-electron chi connectivity index (χ2n) is 5.68. The van der Waals surface area contributed by atoms with Gasteiger partial charge in [-0.3, -0.25) is 0 Å². The Labute approximate surface area is 120 Å². The fourth-order valence-electron chi connectivity index (χ4n) is 3.12. The number of nitrogens with zero attached hydrogens (tertiary/aromatic N) is 3. The summed E-state index contributed by atoms with van der Waals surface area (Å²) in [4.78, 5) is 0. The predicted octanol–water partition coefficient (Wildman–Crippen LogP) is 3.03.